The second-order valence-corrected chi connectivity index (χ2v) is 3.43. The van der Waals surface area contributed by atoms with Crippen LogP contribution in [0.5, 0.6) is 11.5 Å². The molecule has 0 aliphatic heterocycles. The number of rotatable bonds is 4. The van der Waals surface area contributed by atoms with Gasteiger partial charge in [-0.2, -0.15) is 0 Å². The molecule has 4 nitrogen and oxygen atoms in total. The molecular formula is C11H18ClNO3. The van der Waals surface area contributed by atoms with Crippen LogP contribution in [0.3, 0.4) is 0 Å². The molecule has 92 valence electrons. The van der Waals surface area contributed by atoms with E-state index in [1.807, 2.05) is 6.92 Å². The molecule has 2 atom stereocenters. The summed E-state index contributed by atoms with van der Waals surface area (Å²) in [4.78, 5) is 0. The molecule has 1 aromatic carbocycles. The predicted octanol–water partition coefficient (Wildman–Crippen LogP) is 1.59. The van der Waals surface area contributed by atoms with E-state index in [1.54, 1.807) is 6.07 Å². The number of methoxy groups -OCH3 is 1. The van der Waals surface area contributed by atoms with Crippen LogP contribution in [0.1, 0.15) is 24.9 Å². The van der Waals surface area contributed by atoms with Crippen molar-refractivity contribution in [3.63, 3.8) is 0 Å². The molecular weight excluding hydrogens is 230 g/mol. The number of halogens is 1. The molecule has 5 heteroatoms. The van der Waals surface area contributed by atoms with Crippen molar-refractivity contribution in [2.24, 2.45) is 5.73 Å². The summed E-state index contributed by atoms with van der Waals surface area (Å²) >= 11 is 0. The molecule has 16 heavy (non-hydrogen) atoms. The molecule has 0 unspecified atom stereocenters. The largest absolute Gasteiger partial charge is 0.508 e. The second kappa shape index (κ2) is 6.58. The van der Waals surface area contributed by atoms with Gasteiger partial charge < -0.3 is 20.7 Å². The zero-order chi connectivity index (χ0) is 11.4. The van der Waals surface area contributed by atoms with Gasteiger partial charge in [0.1, 0.15) is 11.5 Å². The minimum Gasteiger partial charge on any atom is -0.508 e. The quantitative estimate of drug-likeness (QED) is 0.755. The van der Waals surface area contributed by atoms with Crippen molar-refractivity contribution in [2.45, 2.75) is 25.5 Å². The first kappa shape index (κ1) is 15.0. The van der Waals surface area contributed by atoms with Gasteiger partial charge in [-0.3, -0.25) is 0 Å². The molecule has 0 fully saturated rings. The van der Waals surface area contributed by atoms with Crippen LogP contribution < -0.4 is 10.5 Å². The number of benzene rings is 1. The van der Waals surface area contributed by atoms with Crippen molar-refractivity contribution in [1.82, 2.24) is 0 Å². The molecule has 4 N–H and O–H groups in total. The highest BCUT2D eigenvalue weighted by atomic mass is 35.5. The minimum atomic E-state index is -0.608. The summed E-state index contributed by atoms with van der Waals surface area (Å²) in [6.07, 6.45) is -0.0333. The molecule has 1 aromatic rings. The summed E-state index contributed by atoms with van der Waals surface area (Å²) in [5.41, 5.74) is 6.56. The van der Waals surface area contributed by atoms with Crippen molar-refractivity contribution in [3.05, 3.63) is 23.8 Å². The number of nitrogens with two attached hydrogens (primary N) is 1. The molecule has 1 rings (SSSR count). The topological polar surface area (TPSA) is 75.7 Å². The van der Waals surface area contributed by atoms with Gasteiger partial charge in [-0.15, -0.1) is 12.4 Å². The van der Waals surface area contributed by atoms with E-state index < -0.39 is 12.1 Å². The molecule has 0 heterocycles. The predicted molar refractivity (Wildman–Crippen MR) is 65.1 cm³/mol. The van der Waals surface area contributed by atoms with Gasteiger partial charge in [0.05, 0.1) is 19.3 Å². The van der Waals surface area contributed by atoms with Gasteiger partial charge in [-0.25, -0.2) is 0 Å². The van der Waals surface area contributed by atoms with Crippen LogP contribution in [0.25, 0.3) is 0 Å². The summed E-state index contributed by atoms with van der Waals surface area (Å²) < 4.78 is 5.09. The first-order valence-corrected chi connectivity index (χ1v) is 4.90. The number of hydrogen-bond donors (Lipinski definition) is 3. The molecule has 0 aromatic heterocycles. The number of aromatic hydroxyl groups is 1. The Hall–Kier alpha value is -0.970. The van der Waals surface area contributed by atoms with Gasteiger partial charge in [0.2, 0.25) is 0 Å². The fraction of sp³-hybridized carbons (Fsp3) is 0.455. The van der Waals surface area contributed by atoms with Crippen LogP contribution in [0.2, 0.25) is 0 Å². The summed E-state index contributed by atoms with van der Waals surface area (Å²) in [7, 11) is 1.50. The Morgan fingerprint density at radius 2 is 2.06 bits per heavy atom. The van der Waals surface area contributed by atoms with Crippen molar-refractivity contribution < 1.29 is 14.9 Å². The van der Waals surface area contributed by atoms with E-state index in [2.05, 4.69) is 0 Å². The Morgan fingerprint density at radius 1 is 1.44 bits per heavy atom. The molecule has 0 aliphatic rings. The molecule has 0 radical (unpaired) electrons. The Balaban J connectivity index is 0.00000225. The van der Waals surface area contributed by atoms with Crippen LogP contribution in [0.4, 0.5) is 0 Å². The van der Waals surface area contributed by atoms with Gasteiger partial charge in [0, 0.05) is 11.6 Å². The third-order valence-corrected chi connectivity index (χ3v) is 2.41. The lowest BCUT2D eigenvalue weighted by atomic mass is 9.99. The fourth-order valence-electron chi connectivity index (χ4n) is 1.44. The van der Waals surface area contributed by atoms with Crippen molar-refractivity contribution in [2.75, 3.05) is 7.11 Å². The Morgan fingerprint density at radius 3 is 2.56 bits per heavy atom. The van der Waals surface area contributed by atoms with Crippen molar-refractivity contribution >= 4 is 12.4 Å². The van der Waals surface area contributed by atoms with Gasteiger partial charge >= 0.3 is 0 Å². The Bertz CT molecular complexity index is 333. The number of aliphatic hydroxyl groups is 1. The molecule has 0 amide bonds. The van der Waals surface area contributed by atoms with E-state index in [4.69, 9.17) is 10.5 Å². The maximum atomic E-state index is 9.63. The summed E-state index contributed by atoms with van der Waals surface area (Å²) in [6.45, 7) is 1.86. The zero-order valence-electron chi connectivity index (χ0n) is 9.38. The lowest BCUT2D eigenvalue weighted by Crippen LogP contribution is -2.25. The maximum absolute atomic E-state index is 9.63. The first-order chi connectivity index (χ1) is 7.10. The molecule has 0 aliphatic carbocycles. The molecule has 0 spiro atoms. The second-order valence-electron chi connectivity index (χ2n) is 3.43. The van der Waals surface area contributed by atoms with Crippen LogP contribution in [0.15, 0.2) is 18.2 Å². The van der Waals surface area contributed by atoms with Crippen molar-refractivity contribution in [1.29, 1.82) is 0 Å². The molecule has 0 saturated carbocycles. The highest BCUT2D eigenvalue weighted by Gasteiger charge is 2.18. The Kier molecular flexibility index (Phi) is 6.18. The van der Waals surface area contributed by atoms with E-state index in [0.29, 0.717) is 17.7 Å². The number of phenolic OH excluding ortho intramolecular Hbond substituents is 1. The van der Waals surface area contributed by atoms with Crippen LogP contribution in [0, 0.1) is 0 Å². The smallest absolute Gasteiger partial charge is 0.127 e. The van der Waals surface area contributed by atoms with Crippen LogP contribution in [-0.2, 0) is 0 Å². The van der Waals surface area contributed by atoms with E-state index in [0.717, 1.165) is 0 Å². The normalized spacial score (nSPS) is 13.8. The minimum absolute atomic E-state index is 0. The third kappa shape index (κ3) is 3.27. The summed E-state index contributed by atoms with van der Waals surface area (Å²) in [5, 5.41) is 18.9. The van der Waals surface area contributed by atoms with E-state index in [-0.39, 0.29) is 18.2 Å². The standard InChI is InChI=1S/C11H17NO3.ClH/c1-3-9(14)11(12)8-5-4-7(13)6-10(8)15-2;/h4-6,9,11,13-14H,3,12H2,1-2H3;1H/t9-,11+;/m0./s1. The highest BCUT2D eigenvalue weighted by Crippen LogP contribution is 2.29. The molecule has 0 saturated heterocycles. The zero-order valence-corrected chi connectivity index (χ0v) is 10.2. The fourth-order valence-corrected chi connectivity index (χ4v) is 1.44. The van der Waals surface area contributed by atoms with E-state index >= 15 is 0 Å². The highest BCUT2D eigenvalue weighted by molar-refractivity contribution is 5.85. The lowest BCUT2D eigenvalue weighted by Gasteiger charge is -2.20. The van der Waals surface area contributed by atoms with E-state index in [9.17, 15) is 10.2 Å². The molecule has 0 bridgehead atoms. The third-order valence-electron chi connectivity index (χ3n) is 2.41. The average molecular weight is 248 g/mol. The van der Waals surface area contributed by atoms with Crippen molar-refractivity contribution in [3.8, 4) is 11.5 Å². The number of aliphatic hydroxyl groups excluding tert-OH is 1. The monoisotopic (exact) mass is 247 g/mol. The first-order valence-electron chi connectivity index (χ1n) is 4.90. The van der Waals surface area contributed by atoms with Gasteiger partial charge in [0.15, 0.2) is 0 Å². The van der Waals surface area contributed by atoms with Gasteiger partial charge in [0.25, 0.3) is 0 Å². The number of hydrogen-bond acceptors (Lipinski definition) is 4. The van der Waals surface area contributed by atoms with Crippen LogP contribution >= 0.6 is 12.4 Å². The number of phenols is 1. The Labute approximate surface area is 101 Å². The average Bonchev–Trinajstić information content (AvgIpc) is 2.26. The SMILES string of the molecule is CC[C@H](O)[C@H](N)c1ccc(O)cc1OC.Cl. The van der Waals surface area contributed by atoms with Gasteiger partial charge in [-0.05, 0) is 18.6 Å². The summed E-state index contributed by atoms with van der Waals surface area (Å²) in [5.74, 6) is 0.615. The van der Waals surface area contributed by atoms with E-state index in [1.165, 1.54) is 19.2 Å². The van der Waals surface area contributed by atoms with Crippen LogP contribution in [-0.4, -0.2) is 23.4 Å². The maximum Gasteiger partial charge on any atom is 0.127 e. The van der Waals surface area contributed by atoms with Gasteiger partial charge in [-0.1, -0.05) is 6.92 Å². The number of ether oxygens (including phenoxy) is 1. The lowest BCUT2D eigenvalue weighted by molar-refractivity contribution is 0.139. The summed E-state index contributed by atoms with van der Waals surface area (Å²) in [6, 6.07) is 4.18.